The van der Waals surface area contributed by atoms with Gasteiger partial charge in [0.1, 0.15) is 0 Å². The fourth-order valence-corrected chi connectivity index (χ4v) is 2.45. The third-order valence-electron chi connectivity index (χ3n) is 3.39. The third-order valence-corrected chi connectivity index (χ3v) is 3.39. The van der Waals surface area contributed by atoms with Gasteiger partial charge in [0.15, 0.2) is 0 Å². The van der Waals surface area contributed by atoms with E-state index in [0.717, 1.165) is 42.8 Å². The number of anilines is 1. The molecule has 1 aromatic carbocycles. The van der Waals surface area contributed by atoms with Crippen molar-refractivity contribution in [3.8, 4) is 0 Å². The van der Waals surface area contributed by atoms with Gasteiger partial charge in [0.25, 0.3) is 0 Å². The lowest BCUT2D eigenvalue weighted by Gasteiger charge is -2.30. The summed E-state index contributed by atoms with van der Waals surface area (Å²) in [5.74, 6) is 0. The molecule has 18 heavy (non-hydrogen) atoms. The molecule has 1 aliphatic rings. The van der Waals surface area contributed by atoms with Crippen molar-refractivity contribution in [2.24, 2.45) is 0 Å². The average molecular weight is 243 g/mol. The summed E-state index contributed by atoms with van der Waals surface area (Å²) in [6.45, 7) is 4.10. The van der Waals surface area contributed by atoms with Crippen molar-refractivity contribution in [3.63, 3.8) is 0 Å². The molecule has 2 heterocycles. The number of pyridine rings is 1. The molecule has 1 saturated heterocycles. The van der Waals surface area contributed by atoms with Crippen molar-refractivity contribution >= 4 is 16.6 Å². The van der Waals surface area contributed by atoms with E-state index in [1.54, 1.807) is 0 Å². The van der Waals surface area contributed by atoms with Crippen LogP contribution in [0.4, 0.5) is 5.69 Å². The smallest absolute Gasteiger partial charge is 0.0853 e. The lowest BCUT2D eigenvalue weighted by atomic mass is 10.1. The van der Waals surface area contributed by atoms with Gasteiger partial charge in [-0.3, -0.25) is 4.98 Å². The predicted molar refractivity (Wildman–Crippen MR) is 72.7 cm³/mol. The predicted octanol–water partition coefficient (Wildman–Crippen LogP) is 1.14. The Morgan fingerprint density at radius 3 is 2.78 bits per heavy atom. The minimum Gasteiger partial charge on any atom is -0.390 e. The zero-order valence-electron chi connectivity index (χ0n) is 10.3. The summed E-state index contributed by atoms with van der Waals surface area (Å²) in [7, 11) is 0. The van der Waals surface area contributed by atoms with Crippen LogP contribution >= 0.6 is 0 Å². The third kappa shape index (κ3) is 2.05. The van der Waals surface area contributed by atoms with Crippen LogP contribution in [0.5, 0.6) is 0 Å². The first-order valence-corrected chi connectivity index (χ1v) is 6.33. The van der Waals surface area contributed by atoms with Gasteiger partial charge >= 0.3 is 0 Å². The van der Waals surface area contributed by atoms with Crippen molar-refractivity contribution in [2.75, 3.05) is 31.1 Å². The number of aliphatic hydroxyl groups excluding tert-OH is 1. The van der Waals surface area contributed by atoms with E-state index in [1.807, 2.05) is 18.2 Å². The van der Waals surface area contributed by atoms with Crippen molar-refractivity contribution in [2.45, 2.75) is 6.61 Å². The van der Waals surface area contributed by atoms with Gasteiger partial charge in [-0.1, -0.05) is 6.07 Å². The standard InChI is InChI=1S/C14H17N3O/c18-10-11-4-5-12-13(16-11)2-1-3-14(12)17-8-6-15-7-9-17/h1-5,15,18H,6-10H2. The fraction of sp³-hybridized carbons (Fsp3) is 0.357. The number of benzene rings is 1. The van der Waals surface area contributed by atoms with Crippen molar-refractivity contribution in [1.82, 2.24) is 10.3 Å². The van der Waals surface area contributed by atoms with E-state index in [1.165, 1.54) is 5.69 Å². The van der Waals surface area contributed by atoms with Gasteiger partial charge in [0.05, 0.1) is 17.8 Å². The summed E-state index contributed by atoms with van der Waals surface area (Å²) in [6.07, 6.45) is 0. The second-order valence-electron chi connectivity index (χ2n) is 4.54. The highest BCUT2D eigenvalue weighted by atomic mass is 16.3. The van der Waals surface area contributed by atoms with Crippen LogP contribution in [-0.4, -0.2) is 36.3 Å². The van der Waals surface area contributed by atoms with Crippen LogP contribution in [0.3, 0.4) is 0 Å². The van der Waals surface area contributed by atoms with E-state index in [9.17, 15) is 0 Å². The van der Waals surface area contributed by atoms with E-state index in [4.69, 9.17) is 5.11 Å². The first-order valence-electron chi connectivity index (χ1n) is 6.33. The van der Waals surface area contributed by atoms with Gasteiger partial charge in [-0.15, -0.1) is 0 Å². The Morgan fingerprint density at radius 2 is 2.00 bits per heavy atom. The lowest BCUT2D eigenvalue weighted by Crippen LogP contribution is -2.43. The first kappa shape index (κ1) is 11.4. The second kappa shape index (κ2) is 4.92. The Bertz CT molecular complexity index is 550. The maximum Gasteiger partial charge on any atom is 0.0853 e. The van der Waals surface area contributed by atoms with E-state index < -0.39 is 0 Å². The van der Waals surface area contributed by atoms with Crippen molar-refractivity contribution in [1.29, 1.82) is 0 Å². The van der Waals surface area contributed by atoms with Crippen LogP contribution in [0, 0.1) is 0 Å². The molecule has 0 amide bonds. The Morgan fingerprint density at radius 1 is 1.17 bits per heavy atom. The molecule has 2 aromatic rings. The summed E-state index contributed by atoms with van der Waals surface area (Å²) in [5, 5.41) is 13.7. The number of piperazine rings is 1. The Kier molecular flexibility index (Phi) is 3.13. The monoisotopic (exact) mass is 243 g/mol. The largest absolute Gasteiger partial charge is 0.390 e. The zero-order valence-corrected chi connectivity index (χ0v) is 10.3. The van der Waals surface area contributed by atoms with Gasteiger partial charge in [0, 0.05) is 37.3 Å². The van der Waals surface area contributed by atoms with Crippen LogP contribution in [0.25, 0.3) is 10.9 Å². The number of rotatable bonds is 2. The molecule has 0 aliphatic carbocycles. The van der Waals surface area contributed by atoms with E-state index in [-0.39, 0.29) is 6.61 Å². The summed E-state index contributed by atoms with van der Waals surface area (Å²) in [4.78, 5) is 6.84. The number of hydrogen-bond donors (Lipinski definition) is 2. The van der Waals surface area contributed by atoms with E-state index in [0.29, 0.717) is 0 Å². The molecule has 1 aliphatic heterocycles. The van der Waals surface area contributed by atoms with Crippen molar-refractivity contribution < 1.29 is 5.11 Å². The number of hydrogen-bond acceptors (Lipinski definition) is 4. The quantitative estimate of drug-likeness (QED) is 0.830. The molecule has 0 spiro atoms. The molecular weight excluding hydrogens is 226 g/mol. The highest BCUT2D eigenvalue weighted by Crippen LogP contribution is 2.26. The van der Waals surface area contributed by atoms with Crippen molar-refractivity contribution in [3.05, 3.63) is 36.0 Å². The van der Waals surface area contributed by atoms with Gasteiger partial charge in [-0.05, 0) is 24.3 Å². The molecule has 4 heteroatoms. The van der Waals surface area contributed by atoms with Crippen LogP contribution in [0.1, 0.15) is 5.69 Å². The lowest BCUT2D eigenvalue weighted by molar-refractivity contribution is 0.277. The number of nitrogens with zero attached hydrogens (tertiary/aromatic N) is 2. The fourth-order valence-electron chi connectivity index (χ4n) is 2.45. The molecule has 0 atom stereocenters. The normalized spacial score (nSPS) is 16.2. The summed E-state index contributed by atoms with van der Waals surface area (Å²) in [6, 6.07) is 10.1. The van der Waals surface area contributed by atoms with Gasteiger partial charge in [-0.2, -0.15) is 0 Å². The number of fused-ring (bicyclic) bond motifs is 1. The molecule has 2 N–H and O–H groups in total. The molecule has 0 radical (unpaired) electrons. The summed E-state index contributed by atoms with van der Waals surface area (Å²) >= 11 is 0. The minimum absolute atomic E-state index is 0.00615. The zero-order chi connectivity index (χ0) is 12.4. The molecule has 3 rings (SSSR count). The van der Waals surface area contributed by atoms with Gasteiger partial charge < -0.3 is 15.3 Å². The number of aromatic nitrogens is 1. The van der Waals surface area contributed by atoms with E-state index in [2.05, 4.69) is 27.3 Å². The SMILES string of the molecule is OCc1ccc2c(N3CCNCC3)cccc2n1. The Balaban J connectivity index is 2.05. The highest BCUT2D eigenvalue weighted by Gasteiger charge is 2.13. The number of nitrogens with one attached hydrogen (secondary N) is 1. The van der Waals surface area contributed by atoms with Gasteiger partial charge in [0.2, 0.25) is 0 Å². The van der Waals surface area contributed by atoms with Gasteiger partial charge in [-0.25, -0.2) is 0 Å². The minimum atomic E-state index is -0.00615. The maximum atomic E-state index is 9.13. The molecular formula is C14H17N3O. The average Bonchev–Trinajstić information content (AvgIpc) is 2.47. The molecule has 1 fully saturated rings. The van der Waals surface area contributed by atoms with Crippen LogP contribution in [0.15, 0.2) is 30.3 Å². The van der Waals surface area contributed by atoms with Crippen LogP contribution in [-0.2, 0) is 6.61 Å². The van der Waals surface area contributed by atoms with Crippen LogP contribution < -0.4 is 10.2 Å². The maximum absolute atomic E-state index is 9.13. The highest BCUT2D eigenvalue weighted by molar-refractivity contribution is 5.92. The number of aliphatic hydroxyl groups is 1. The Hall–Kier alpha value is -1.65. The second-order valence-corrected chi connectivity index (χ2v) is 4.54. The molecule has 0 unspecified atom stereocenters. The molecule has 0 saturated carbocycles. The molecule has 4 nitrogen and oxygen atoms in total. The topological polar surface area (TPSA) is 48.4 Å². The summed E-state index contributed by atoms with van der Waals surface area (Å²) < 4.78 is 0. The van der Waals surface area contributed by atoms with E-state index >= 15 is 0 Å². The first-order chi connectivity index (χ1) is 8.88. The van der Waals surface area contributed by atoms with Crippen LogP contribution in [0.2, 0.25) is 0 Å². The molecule has 0 bridgehead atoms. The Labute approximate surface area is 106 Å². The molecule has 1 aromatic heterocycles. The molecule has 94 valence electrons. The summed E-state index contributed by atoms with van der Waals surface area (Å²) in [5.41, 5.74) is 2.92.